The molecule has 1 amide bonds. The molecule has 1 aliphatic rings. The molecule has 1 unspecified atom stereocenters. The van der Waals surface area contributed by atoms with Gasteiger partial charge >= 0.3 is 0 Å². The highest BCUT2D eigenvalue weighted by molar-refractivity contribution is 5.99. The van der Waals surface area contributed by atoms with Gasteiger partial charge in [-0.15, -0.1) is 0 Å². The van der Waals surface area contributed by atoms with E-state index in [-0.39, 0.29) is 28.6 Å². The lowest BCUT2D eigenvalue weighted by atomic mass is 9.98. The zero-order chi connectivity index (χ0) is 18.4. The van der Waals surface area contributed by atoms with Gasteiger partial charge < -0.3 is 19.2 Å². The van der Waals surface area contributed by atoms with Crippen LogP contribution >= 0.6 is 0 Å². The minimum Gasteiger partial charge on any atom is -0.504 e. The molecule has 0 saturated carbocycles. The highest BCUT2D eigenvalue weighted by atomic mass is 16.5. The average Bonchev–Trinajstić information content (AvgIpc) is 2.94. The van der Waals surface area contributed by atoms with Crippen LogP contribution < -0.4 is 10.2 Å². The monoisotopic (exact) mass is 351 g/mol. The van der Waals surface area contributed by atoms with E-state index in [1.807, 2.05) is 6.92 Å². The third kappa shape index (κ3) is 2.19. The highest BCUT2D eigenvalue weighted by Gasteiger charge is 2.42. The van der Waals surface area contributed by atoms with Crippen LogP contribution in [0.4, 0.5) is 0 Å². The lowest BCUT2D eigenvalue weighted by Crippen LogP contribution is -2.29. The smallest absolute Gasteiger partial charge is 0.290 e. The van der Waals surface area contributed by atoms with Crippen LogP contribution in [0.5, 0.6) is 11.5 Å². The molecular formula is C20H17NO5. The molecule has 0 saturated heterocycles. The molecule has 0 fully saturated rings. The quantitative estimate of drug-likeness (QED) is 0.784. The van der Waals surface area contributed by atoms with Gasteiger partial charge in [0.2, 0.25) is 5.76 Å². The van der Waals surface area contributed by atoms with Gasteiger partial charge in [-0.3, -0.25) is 9.59 Å². The largest absolute Gasteiger partial charge is 0.504 e. The summed E-state index contributed by atoms with van der Waals surface area (Å²) in [5, 5.41) is 10.3. The summed E-state index contributed by atoms with van der Waals surface area (Å²) in [6.07, 6.45) is 0. The Bertz CT molecular complexity index is 1090. The fourth-order valence-corrected chi connectivity index (χ4v) is 3.50. The molecule has 0 spiro atoms. The molecule has 6 heteroatoms. The average molecular weight is 351 g/mol. The first-order valence-electron chi connectivity index (χ1n) is 8.30. The fourth-order valence-electron chi connectivity index (χ4n) is 3.50. The first-order valence-corrected chi connectivity index (χ1v) is 8.30. The number of fused-ring (bicyclic) bond motifs is 2. The first-order chi connectivity index (χ1) is 12.6. The van der Waals surface area contributed by atoms with Crippen LogP contribution in [-0.2, 0) is 0 Å². The van der Waals surface area contributed by atoms with Crippen LogP contribution in [0.25, 0.3) is 11.0 Å². The predicted octanol–water partition coefficient (Wildman–Crippen LogP) is 3.07. The number of hydrogen-bond acceptors (Lipinski definition) is 5. The molecule has 0 bridgehead atoms. The number of methoxy groups -OCH3 is 1. The van der Waals surface area contributed by atoms with Crippen molar-refractivity contribution in [3.05, 3.63) is 69.6 Å². The molecule has 132 valence electrons. The van der Waals surface area contributed by atoms with Gasteiger partial charge in [0, 0.05) is 6.54 Å². The number of aromatic hydroxyl groups is 1. The van der Waals surface area contributed by atoms with Crippen LogP contribution in [0, 0.1) is 0 Å². The number of amides is 1. The van der Waals surface area contributed by atoms with Crippen LogP contribution in [0.3, 0.4) is 0 Å². The molecular weight excluding hydrogens is 334 g/mol. The molecule has 1 aliphatic heterocycles. The summed E-state index contributed by atoms with van der Waals surface area (Å²) in [6, 6.07) is 11.1. The Morgan fingerprint density at radius 2 is 1.96 bits per heavy atom. The zero-order valence-electron chi connectivity index (χ0n) is 14.4. The summed E-state index contributed by atoms with van der Waals surface area (Å²) in [6.45, 7) is 2.26. The van der Waals surface area contributed by atoms with Gasteiger partial charge in [0.25, 0.3) is 5.91 Å². The van der Waals surface area contributed by atoms with Crippen LogP contribution in [-0.4, -0.2) is 29.6 Å². The van der Waals surface area contributed by atoms with Crippen molar-refractivity contribution < 1.29 is 19.1 Å². The Morgan fingerprint density at radius 3 is 2.69 bits per heavy atom. The van der Waals surface area contributed by atoms with Crippen molar-refractivity contribution in [2.24, 2.45) is 0 Å². The van der Waals surface area contributed by atoms with E-state index in [1.54, 1.807) is 41.3 Å². The Balaban J connectivity index is 2.01. The zero-order valence-corrected chi connectivity index (χ0v) is 14.4. The predicted molar refractivity (Wildman–Crippen MR) is 95.7 cm³/mol. The van der Waals surface area contributed by atoms with Gasteiger partial charge in [-0.2, -0.15) is 0 Å². The van der Waals surface area contributed by atoms with E-state index in [1.165, 1.54) is 13.2 Å². The standard InChI is InChI=1S/C20H17NO5/c1-3-21-17(11-8-9-13(22)15(10-11)25-2)16-18(23)12-6-4-5-7-14(12)26-19(16)20(21)24/h4-10,17,22H,3H2,1-2H3. The maximum Gasteiger partial charge on any atom is 0.290 e. The van der Waals surface area contributed by atoms with Gasteiger partial charge in [0.15, 0.2) is 16.9 Å². The third-order valence-corrected chi connectivity index (χ3v) is 4.73. The summed E-state index contributed by atoms with van der Waals surface area (Å²) < 4.78 is 11.0. The molecule has 2 heterocycles. The number of rotatable bonds is 3. The van der Waals surface area contributed by atoms with Crippen molar-refractivity contribution in [2.75, 3.05) is 13.7 Å². The number of ether oxygens (including phenoxy) is 1. The van der Waals surface area contributed by atoms with Gasteiger partial charge in [-0.1, -0.05) is 18.2 Å². The van der Waals surface area contributed by atoms with Crippen molar-refractivity contribution >= 4 is 16.9 Å². The highest BCUT2D eigenvalue weighted by Crippen LogP contribution is 2.40. The number of carbonyl (C=O) groups is 1. The Morgan fingerprint density at radius 1 is 1.19 bits per heavy atom. The summed E-state index contributed by atoms with van der Waals surface area (Å²) in [5.41, 5.74) is 1.17. The maximum atomic E-state index is 13.1. The lowest BCUT2D eigenvalue weighted by Gasteiger charge is -2.24. The van der Waals surface area contributed by atoms with Crippen molar-refractivity contribution in [3.8, 4) is 11.5 Å². The number of benzene rings is 2. The third-order valence-electron chi connectivity index (χ3n) is 4.73. The number of carbonyl (C=O) groups excluding carboxylic acids is 1. The number of phenolic OH excluding ortho intramolecular Hbond substituents is 1. The molecule has 2 aromatic carbocycles. The van der Waals surface area contributed by atoms with Gasteiger partial charge in [-0.05, 0) is 36.8 Å². The maximum absolute atomic E-state index is 13.1. The Labute approximate surface area is 149 Å². The van der Waals surface area contributed by atoms with E-state index in [0.29, 0.717) is 28.6 Å². The van der Waals surface area contributed by atoms with Crippen LogP contribution in [0.15, 0.2) is 51.7 Å². The number of para-hydroxylation sites is 1. The van der Waals surface area contributed by atoms with Crippen molar-refractivity contribution in [2.45, 2.75) is 13.0 Å². The normalized spacial score (nSPS) is 16.2. The van der Waals surface area contributed by atoms with E-state index in [4.69, 9.17) is 9.15 Å². The summed E-state index contributed by atoms with van der Waals surface area (Å²) >= 11 is 0. The van der Waals surface area contributed by atoms with E-state index in [9.17, 15) is 14.7 Å². The molecule has 26 heavy (non-hydrogen) atoms. The number of nitrogens with zero attached hydrogens (tertiary/aromatic N) is 1. The second-order valence-corrected chi connectivity index (χ2v) is 6.10. The van der Waals surface area contributed by atoms with Crippen LogP contribution in [0.1, 0.15) is 34.6 Å². The molecule has 1 N–H and O–H groups in total. The van der Waals surface area contributed by atoms with Gasteiger partial charge in [0.1, 0.15) is 5.58 Å². The SMILES string of the molecule is CCN1C(=O)c2oc3ccccc3c(=O)c2C1c1ccc(O)c(OC)c1. The topological polar surface area (TPSA) is 80.0 Å². The van der Waals surface area contributed by atoms with E-state index >= 15 is 0 Å². The summed E-state index contributed by atoms with van der Waals surface area (Å²) in [4.78, 5) is 27.5. The van der Waals surface area contributed by atoms with Crippen molar-refractivity contribution in [3.63, 3.8) is 0 Å². The summed E-state index contributed by atoms with van der Waals surface area (Å²) in [5.74, 6) is 0.0361. The summed E-state index contributed by atoms with van der Waals surface area (Å²) in [7, 11) is 1.45. The first kappa shape index (κ1) is 16.2. The van der Waals surface area contributed by atoms with Crippen molar-refractivity contribution in [1.29, 1.82) is 0 Å². The molecule has 1 atom stereocenters. The minimum atomic E-state index is -0.585. The van der Waals surface area contributed by atoms with E-state index in [0.717, 1.165) is 0 Å². The second kappa shape index (κ2) is 5.91. The second-order valence-electron chi connectivity index (χ2n) is 6.10. The molecule has 0 radical (unpaired) electrons. The van der Waals surface area contributed by atoms with Crippen molar-refractivity contribution in [1.82, 2.24) is 4.90 Å². The Hall–Kier alpha value is -3.28. The molecule has 6 nitrogen and oxygen atoms in total. The minimum absolute atomic E-state index is 0.00519. The number of hydrogen-bond donors (Lipinski definition) is 1. The van der Waals surface area contributed by atoms with E-state index < -0.39 is 6.04 Å². The molecule has 4 rings (SSSR count). The molecule has 1 aromatic heterocycles. The fraction of sp³-hybridized carbons (Fsp3) is 0.200. The van der Waals surface area contributed by atoms with Crippen LogP contribution in [0.2, 0.25) is 0 Å². The Kier molecular flexibility index (Phi) is 3.68. The molecule has 0 aliphatic carbocycles. The lowest BCUT2D eigenvalue weighted by molar-refractivity contribution is 0.0737. The van der Waals surface area contributed by atoms with Gasteiger partial charge in [-0.25, -0.2) is 0 Å². The number of phenols is 1. The van der Waals surface area contributed by atoms with Gasteiger partial charge in [0.05, 0.1) is 24.1 Å². The molecule has 3 aromatic rings. The van der Waals surface area contributed by atoms with E-state index in [2.05, 4.69) is 0 Å².